The topological polar surface area (TPSA) is 111 Å². The van der Waals surface area contributed by atoms with Crippen molar-refractivity contribution in [2.24, 2.45) is 0 Å². The van der Waals surface area contributed by atoms with Crippen LogP contribution in [-0.2, 0) is 4.79 Å². The number of anilines is 2. The summed E-state index contributed by atoms with van der Waals surface area (Å²) in [5.74, 6) is -0.282. The minimum Gasteiger partial charge on any atom is -0.482 e. The molecule has 0 aromatic heterocycles. The molecule has 0 bridgehead atoms. The van der Waals surface area contributed by atoms with Crippen molar-refractivity contribution in [3.8, 4) is 5.75 Å². The molecule has 0 spiro atoms. The van der Waals surface area contributed by atoms with E-state index >= 15 is 0 Å². The maximum atomic E-state index is 12.3. The van der Waals surface area contributed by atoms with Gasteiger partial charge in [0.25, 0.3) is 17.5 Å². The van der Waals surface area contributed by atoms with Gasteiger partial charge in [-0.05, 0) is 46.3 Å². The lowest BCUT2D eigenvalue weighted by Crippen LogP contribution is -2.25. The van der Waals surface area contributed by atoms with Crippen LogP contribution in [0.4, 0.5) is 17.1 Å². The molecule has 24 heavy (non-hydrogen) atoms. The summed E-state index contributed by atoms with van der Waals surface area (Å²) >= 11 is 3.07. The SMILES string of the molecule is O=C1COc2ccc(NC(=O)c3ccc(Br)c([N+](=O)[O-])c3)cc2N1. The molecule has 2 aromatic carbocycles. The Morgan fingerprint density at radius 1 is 1.29 bits per heavy atom. The van der Waals surface area contributed by atoms with E-state index in [1.54, 1.807) is 18.2 Å². The number of amides is 2. The first-order chi connectivity index (χ1) is 11.4. The molecule has 2 aromatic rings. The number of carbonyl (C=O) groups excluding carboxylic acids is 2. The first-order valence-electron chi connectivity index (χ1n) is 6.76. The first kappa shape index (κ1) is 15.9. The van der Waals surface area contributed by atoms with Crippen LogP contribution in [0.25, 0.3) is 0 Å². The summed E-state index contributed by atoms with van der Waals surface area (Å²) in [5, 5.41) is 16.2. The monoisotopic (exact) mass is 391 g/mol. The van der Waals surface area contributed by atoms with Crippen molar-refractivity contribution in [2.45, 2.75) is 0 Å². The van der Waals surface area contributed by atoms with Gasteiger partial charge in [-0.25, -0.2) is 0 Å². The Labute approximate surface area is 144 Å². The molecule has 8 nitrogen and oxygen atoms in total. The summed E-state index contributed by atoms with van der Waals surface area (Å²) in [6.45, 7) is -0.0543. The van der Waals surface area contributed by atoms with Crippen LogP contribution in [-0.4, -0.2) is 23.3 Å². The van der Waals surface area contributed by atoms with E-state index in [-0.39, 0.29) is 28.2 Å². The number of benzene rings is 2. The third kappa shape index (κ3) is 3.20. The number of rotatable bonds is 3. The van der Waals surface area contributed by atoms with Gasteiger partial charge < -0.3 is 15.4 Å². The smallest absolute Gasteiger partial charge is 0.284 e. The highest BCUT2D eigenvalue weighted by Gasteiger charge is 2.18. The van der Waals surface area contributed by atoms with Gasteiger partial charge in [-0.15, -0.1) is 0 Å². The lowest BCUT2D eigenvalue weighted by Gasteiger charge is -2.18. The zero-order valence-electron chi connectivity index (χ0n) is 12.0. The molecule has 3 rings (SSSR count). The van der Waals surface area contributed by atoms with Crippen molar-refractivity contribution in [3.05, 3.63) is 56.5 Å². The van der Waals surface area contributed by atoms with Gasteiger partial charge in [-0.3, -0.25) is 19.7 Å². The number of halogens is 1. The fourth-order valence-corrected chi connectivity index (χ4v) is 2.55. The van der Waals surface area contributed by atoms with Crippen LogP contribution in [0, 0.1) is 10.1 Å². The normalized spacial score (nSPS) is 12.6. The third-order valence-corrected chi connectivity index (χ3v) is 3.95. The van der Waals surface area contributed by atoms with Crippen LogP contribution in [0.3, 0.4) is 0 Å². The Hall–Kier alpha value is -2.94. The molecule has 9 heteroatoms. The molecular formula is C15H10BrN3O5. The van der Waals surface area contributed by atoms with Gasteiger partial charge in [0.1, 0.15) is 5.75 Å². The Morgan fingerprint density at radius 2 is 2.08 bits per heavy atom. The number of ether oxygens (including phenoxy) is 1. The minimum absolute atomic E-state index is 0.0543. The predicted molar refractivity (Wildman–Crippen MR) is 89.3 cm³/mol. The van der Waals surface area contributed by atoms with Gasteiger partial charge in [0.05, 0.1) is 15.1 Å². The molecule has 0 saturated carbocycles. The number of nitro groups is 1. The van der Waals surface area contributed by atoms with Crippen LogP contribution >= 0.6 is 15.9 Å². The summed E-state index contributed by atoms with van der Waals surface area (Å²) in [7, 11) is 0. The van der Waals surface area contributed by atoms with E-state index in [9.17, 15) is 19.7 Å². The molecule has 2 N–H and O–H groups in total. The van der Waals surface area contributed by atoms with Gasteiger partial charge in [0, 0.05) is 17.3 Å². The van der Waals surface area contributed by atoms with E-state index in [1.807, 2.05) is 0 Å². The quantitative estimate of drug-likeness (QED) is 0.617. The average molecular weight is 392 g/mol. The average Bonchev–Trinajstić information content (AvgIpc) is 2.54. The van der Waals surface area contributed by atoms with E-state index < -0.39 is 10.8 Å². The van der Waals surface area contributed by atoms with E-state index in [4.69, 9.17) is 4.74 Å². The van der Waals surface area contributed by atoms with Crippen molar-refractivity contribution >= 4 is 44.8 Å². The van der Waals surface area contributed by atoms with Gasteiger partial charge in [0.15, 0.2) is 6.61 Å². The summed E-state index contributed by atoms with van der Waals surface area (Å²) < 4.78 is 5.52. The molecule has 122 valence electrons. The van der Waals surface area contributed by atoms with Crippen molar-refractivity contribution in [2.75, 3.05) is 17.2 Å². The molecule has 0 aliphatic carbocycles. The fraction of sp³-hybridized carbons (Fsp3) is 0.0667. The van der Waals surface area contributed by atoms with E-state index in [0.717, 1.165) is 0 Å². The summed E-state index contributed by atoms with van der Waals surface area (Å²) in [6.07, 6.45) is 0. The summed E-state index contributed by atoms with van der Waals surface area (Å²) in [5.41, 5.74) is 0.817. The Kier molecular flexibility index (Phi) is 4.17. The second kappa shape index (κ2) is 6.28. The zero-order valence-corrected chi connectivity index (χ0v) is 13.6. The molecule has 0 saturated heterocycles. The van der Waals surface area contributed by atoms with Crippen LogP contribution in [0.2, 0.25) is 0 Å². The van der Waals surface area contributed by atoms with Crippen molar-refractivity contribution in [3.63, 3.8) is 0 Å². The number of nitrogens with zero attached hydrogens (tertiary/aromatic N) is 1. The molecule has 0 fully saturated rings. The van der Waals surface area contributed by atoms with Crippen molar-refractivity contribution < 1.29 is 19.2 Å². The number of nitro benzene ring substituents is 1. The maximum absolute atomic E-state index is 12.3. The molecule has 1 aliphatic rings. The highest BCUT2D eigenvalue weighted by atomic mass is 79.9. The molecule has 2 amide bonds. The van der Waals surface area contributed by atoms with Gasteiger partial charge in [-0.1, -0.05) is 0 Å². The Balaban J connectivity index is 1.83. The number of carbonyl (C=O) groups is 2. The van der Waals surface area contributed by atoms with Crippen molar-refractivity contribution in [1.29, 1.82) is 0 Å². The highest BCUT2D eigenvalue weighted by Crippen LogP contribution is 2.31. The molecule has 1 aliphatic heterocycles. The number of hydrogen-bond acceptors (Lipinski definition) is 5. The number of hydrogen-bond donors (Lipinski definition) is 2. The maximum Gasteiger partial charge on any atom is 0.284 e. The molecule has 1 heterocycles. The first-order valence-corrected chi connectivity index (χ1v) is 7.55. The lowest BCUT2D eigenvalue weighted by molar-refractivity contribution is -0.385. The zero-order chi connectivity index (χ0) is 17.3. The summed E-state index contributed by atoms with van der Waals surface area (Å²) in [6, 6.07) is 8.87. The van der Waals surface area contributed by atoms with Crippen LogP contribution in [0.1, 0.15) is 10.4 Å². The second-order valence-electron chi connectivity index (χ2n) is 4.93. The van der Waals surface area contributed by atoms with Crippen LogP contribution < -0.4 is 15.4 Å². The number of fused-ring (bicyclic) bond motifs is 1. The van der Waals surface area contributed by atoms with E-state index in [2.05, 4.69) is 26.6 Å². The van der Waals surface area contributed by atoms with E-state index in [0.29, 0.717) is 17.1 Å². The van der Waals surface area contributed by atoms with Gasteiger partial charge in [-0.2, -0.15) is 0 Å². The summed E-state index contributed by atoms with van der Waals surface area (Å²) in [4.78, 5) is 33.9. The molecule has 0 unspecified atom stereocenters. The molecule has 0 atom stereocenters. The highest BCUT2D eigenvalue weighted by molar-refractivity contribution is 9.10. The number of nitrogens with one attached hydrogen (secondary N) is 2. The predicted octanol–water partition coefficient (Wildman–Crippen LogP) is 2.94. The molecular weight excluding hydrogens is 382 g/mol. The second-order valence-corrected chi connectivity index (χ2v) is 5.78. The van der Waals surface area contributed by atoms with Crippen LogP contribution in [0.5, 0.6) is 5.75 Å². The minimum atomic E-state index is -0.577. The largest absolute Gasteiger partial charge is 0.482 e. The lowest BCUT2D eigenvalue weighted by atomic mass is 10.1. The Morgan fingerprint density at radius 3 is 2.83 bits per heavy atom. The standard InChI is InChI=1S/C15H10BrN3O5/c16-10-3-1-8(5-12(10)19(22)23)15(21)17-9-2-4-13-11(6-9)18-14(20)7-24-13/h1-6H,7H2,(H,17,21)(H,18,20). The molecule has 0 radical (unpaired) electrons. The van der Waals surface area contributed by atoms with Gasteiger partial charge in [0.2, 0.25) is 0 Å². The van der Waals surface area contributed by atoms with Gasteiger partial charge >= 0.3 is 0 Å². The fourth-order valence-electron chi connectivity index (χ4n) is 2.16. The van der Waals surface area contributed by atoms with Crippen LogP contribution in [0.15, 0.2) is 40.9 Å². The Bertz CT molecular complexity index is 868. The third-order valence-electron chi connectivity index (χ3n) is 3.28. The van der Waals surface area contributed by atoms with E-state index in [1.165, 1.54) is 18.2 Å². The van der Waals surface area contributed by atoms with Crippen molar-refractivity contribution in [1.82, 2.24) is 0 Å².